The Kier molecular flexibility index (Phi) is 5.66. The first kappa shape index (κ1) is 18.8. The molecule has 23 heavy (non-hydrogen) atoms. The van der Waals surface area contributed by atoms with Crippen molar-refractivity contribution >= 4 is 21.8 Å². The lowest BCUT2D eigenvalue weighted by Gasteiger charge is -2.14. The molecule has 1 atom stereocenters. The summed E-state index contributed by atoms with van der Waals surface area (Å²) in [5, 5.41) is 19.2. The second kappa shape index (κ2) is 6.91. The number of carbonyl (C=O) groups is 1. The minimum atomic E-state index is -6.03. The van der Waals surface area contributed by atoms with Crippen LogP contribution in [0.15, 0.2) is 24.3 Å². The van der Waals surface area contributed by atoms with Crippen molar-refractivity contribution in [3.05, 3.63) is 39.9 Å². The first-order valence-electron chi connectivity index (χ1n) is 5.90. The molecule has 0 saturated carbocycles. The highest BCUT2D eigenvalue weighted by molar-refractivity contribution is 7.87. The number of aliphatic carboxylic acids is 1. The number of nitro groups is 1. The lowest BCUT2D eigenvalue weighted by atomic mass is 10.1. The summed E-state index contributed by atoms with van der Waals surface area (Å²) < 4.78 is 61.8. The maximum atomic E-state index is 12.2. The third kappa shape index (κ3) is 5.17. The normalized spacial score (nSPS) is 13.5. The number of hydrogen-bond donors (Lipinski definition) is 1. The first-order valence-corrected chi connectivity index (χ1v) is 7.30. The lowest BCUT2D eigenvalue weighted by molar-refractivity contribution is -0.384. The number of nitro benzene ring substituents is 1. The largest absolute Gasteiger partial charge is 0.523 e. The van der Waals surface area contributed by atoms with Gasteiger partial charge in [0.25, 0.3) is 5.69 Å². The maximum Gasteiger partial charge on any atom is 0.523 e. The van der Waals surface area contributed by atoms with Gasteiger partial charge in [-0.3, -0.25) is 10.1 Å². The molecule has 0 saturated heterocycles. The van der Waals surface area contributed by atoms with Gasteiger partial charge in [-0.1, -0.05) is 12.1 Å². The predicted molar refractivity (Wildman–Crippen MR) is 68.9 cm³/mol. The van der Waals surface area contributed by atoms with Crippen LogP contribution in [0.4, 0.5) is 18.9 Å². The summed E-state index contributed by atoms with van der Waals surface area (Å²) in [6, 6.07) is 4.79. The van der Waals surface area contributed by atoms with Gasteiger partial charge in [-0.05, 0) is 18.4 Å². The first-order chi connectivity index (χ1) is 10.4. The van der Waals surface area contributed by atoms with Gasteiger partial charge in [0.1, 0.15) is 0 Å². The summed E-state index contributed by atoms with van der Waals surface area (Å²) in [5.41, 5.74) is -5.58. The topological polar surface area (TPSA) is 124 Å². The summed E-state index contributed by atoms with van der Waals surface area (Å²) in [6.07, 6.45) is -2.94. The van der Waals surface area contributed by atoms with Gasteiger partial charge in [0.05, 0.1) is 4.92 Å². The fourth-order valence-corrected chi connectivity index (χ4v) is 2.10. The summed E-state index contributed by atoms with van der Waals surface area (Å²) in [6.45, 7) is 0. The van der Waals surface area contributed by atoms with E-state index in [0.717, 1.165) is 12.1 Å². The Morgan fingerprint density at radius 3 is 2.22 bits per heavy atom. The quantitative estimate of drug-likeness (QED) is 0.342. The number of carboxylic acids is 1. The molecule has 8 nitrogen and oxygen atoms in total. The van der Waals surface area contributed by atoms with Crippen molar-refractivity contribution in [2.45, 2.75) is 24.5 Å². The number of hydrogen-bond acceptors (Lipinski definition) is 6. The van der Waals surface area contributed by atoms with E-state index >= 15 is 0 Å². The molecule has 0 fully saturated rings. The van der Waals surface area contributed by atoms with Gasteiger partial charge >= 0.3 is 21.6 Å². The van der Waals surface area contributed by atoms with E-state index in [0.29, 0.717) is 5.56 Å². The SMILES string of the molecule is O=C(O)C(CCc1ccc([N+](=O)[O-])cc1)OS(=O)(=O)C(F)(F)F. The lowest BCUT2D eigenvalue weighted by Crippen LogP contribution is -2.34. The predicted octanol–water partition coefficient (Wildman–Crippen LogP) is 1.85. The molecule has 0 spiro atoms. The van der Waals surface area contributed by atoms with Crippen LogP contribution in [-0.2, 0) is 25.5 Å². The van der Waals surface area contributed by atoms with Crippen molar-refractivity contribution in [1.82, 2.24) is 0 Å². The van der Waals surface area contributed by atoms with Crippen LogP contribution in [0, 0.1) is 10.1 Å². The van der Waals surface area contributed by atoms with Crippen LogP contribution in [0.5, 0.6) is 0 Å². The Morgan fingerprint density at radius 2 is 1.83 bits per heavy atom. The minimum absolute atomic E-state index is 0.150. The van der Waals surface area contributed by atoms with Gasteiger partial charge in [0.15, 0.2) is 6.10 Å². The Balaban J connectivity index is 2.78. The number of benzene rings is 1. The van der Waals surface area contributed by atoms with Gasteiger partial charge in [-0.15, -0.1) is 0 Å². The van der Waals surface area contributed by atoms with E-state index in [4.69, 9.17) is 5.11 Å². The van der Waals surface area contributed by atoms with E-state index in [-0.39, 0.29) is 12.1 Å². The van der Waals surface area contributed by atoms with E-state index in [1.807, 2.05) is 0 Å². The maximum absolute atomic E-state index is 12.2. The Hall–Kier alpha value is -2.21. The van der Waals surface area contributed by atoms with Crippen LogP contribution >= 0.6 is 0 Å². The van der Waals surface area contributed by atoms with Crippen molar-refractivity contribution in [2.75, 3.05) is 0 Å². The van der Waals surface area contributed by atoms with Crippen LogP contribution < -0.4 is 0 Å². The second-order valence-electron chi connectivity index (χ2n) is 4.29. The number of rotatable bonds is 7. The fraction of sp³-hybridized carbons (Fsp3) is 0.364. The Labute approximate surface area is 127 Å². The highest BCUT2D eigenvalue weighted by atomic mass is 32.2. The smallest absolute Gasteiger partial charge is 0.479 e. The van der Waals surface area contributed by atoms with Gasteiger partial charge in [-0.25, -0.2) is 8.98 Å². The summed E-state index contributed by atoms with van der Waals surface area (Å²) in [4.78, 5) is 20.6. The molecule has 0 aromatic heterocycles. The van der Waals surface area contributed by atoms with Crippen LogP contribution in [0.25, 0.3) is 0 Å². The number of alkyl halides is 3. The van der Waals surface area contributed by atoms with E-state index in [1.54, 1.807) is 0 Å². The molecular formula is C11H10F3NO7S. The molecular weight excluding hydrogens is 347 g/mol. The number of carboxylic acid groups (broad SMARTS) is 1. The van der Waals surface area contributed by atoms with E-state index < -0.39 is 39.0 Å². The van der Waals surface area contributed by atoms with Crippen molar-refractivity contribution in [2.24, 2.45) is 0 Å². The monoisotopic (exact) mass is 357 g/mol. The highest BCUT2D eigenvalue weighted by Crippen LogP contribution is 2.26. The molecule has 1 unspecified atom stereocenters. The van der Waals surface area contributed by atoms with Crippen molar-refractivity contribution in [1.29, 1.82) is 0 Å². The molecule has 128 valence electrons. The third-order valence-corrected chi connectivity index (χ3v) is 3.70. The van der Waals surface area contributed by atoms with Crippen molar-refractivity contribution in [3.8, 4) is 0 Å². The highest BCUT2D eigenvalue weighted by Gasteiger charge is 2.49. The molecule has 1 rings (SSSR count). The summed E-state index contributed by atoms with van der Waals surface area (Å²) in [7, 11) is -6.03. The van der Waals surface area contributed by atoms with Crippen molar-refractivity contribution in [3.63, 3.8) is 0 Å². The third-order valence-electron chi connectivity index (χ3n) is 2.64. The molecule has 0 heterocycles. The molecule has 0 aliphatic heterocycles. The zero-order valence-electron chi connectivity index (χ0n) is 11.2. The number of halogens is 3. The standard InChI is InChI=1S/C11H10F3NO7S/c12-11(13,14)23(20,21)22-9(10(16)17)6-3-7-1-4-8(5-2-7)15(18)19/h1-2,4-5,9H,3,6H2,(H,16,17). The minimum Gasteiger partial charge on any atom is -0.479 e. The summed E-state index contributed by atoms with van der Waals surface area (Å²) >= 11 is 0. The van der Waals surface area contributed by atoms with Gasteiger partial charge in [0.2, 0.25) is 0 Å². The average molecular weight is 357 g/mol. The summed E-state index contributed by atoms with van der Waals surface area (Å²) in [5.74, 6) is -1.88. The number of nitrogens with zero attached hydrogens (tertiary/aromatic N) is 1. The molecule has 1 N–H and O–H groups in total. The zero-order valence-corrected chi connectivity index (χ0v) is 12.0. The molecule has 0 aliphatic carbocycles. The fourth-order valence-electron chi connectivity index (χ4n) is 1.50. The molecule has 1 aromatic rings. The molecule has 0 radical (unpaired) electrons. The van der Waals surface area contributed by atoms with E-state index in [1.165, 1.54) is 12.1 Å². The van der Waals surface area contributed by atoms with E-state index in [2.05, 4.69) is 4.18 Å². The van der Waals surface area contributed by atoms with Crippen LogP contribution in [0.3, 0.4) is 0 Å². The average Bonchev–Trinajstić information content (AvgIpc) is 2.42. The van der Waals surface area contributed by atoms with Gasteiger partial charge in [-0.2, -0.15) is 21.6 Å². The molecule has 0 bridgehead atoms. The van der Waals surface area contributed by atoms with Crippen LogP contribution in [-0.4, -0.2) is 36.0 Å². The zero-order chi connectivity index (χ0) is 17.8. The molecule has 1 aromatic carbocycles. The second-order valence-corrected chi connectivity index (χ2v) is 5.85. The van der Waals surface area contributed by atoms with Gasteiger partial charge in [0, 0.05) is 12.1 Å². The van der Waals surface area contributed by atoms with Gasteiger partial charge < -0.3 is 5.11 Å². The van der Waals surface area contributed by atoms with E-state index in [9.17, 15) is 36.5 Å². The van der Waals surface area contributed by atoms with Crippen molar-refractivity contribution < 1.29 is 40.6 Å². The number of non-ortho nitro benzene ring substituents is 1. The van der Waals surface area contributed by atoms with Crippen LogP contribution in [0.1, 0.15) is 12.0 Å². The Morgan fingerprint density at radius 1 is 1.30 bits per heavy atom. The van der Waals surface area contributed by atoms with Crippen LogP contribution in [0.2, 0.25) is 0 Å². The molecule has 12 heteroatoms. The molecule has 0 aliphatic rings. The Bertz CT molecular complexity index is 685. The number of aryl methyl sites for hydroxylation is 1. The molecule has 0 amide bonds.